The Morgan fingerprint density at radius 1 is 1.31 bits per heavy atom. The second-order valence-electron chi connectivity index (χ2n) is 10.1. The molecule has 0 aromatic carbocycles. The zero-order valence-corrected chi connectivity index (χ0v) is 19.0. The minimum Gasteiger partial charge on any atom is -0.441 e. The summed E-state index contributed by atoms with van der Waals surface area (Å²) in [5, 5.41) is 2.89. The molecular formula is C22H31F3N4O3. The molecule has 3 N–H and O–H groups in total. The van der Waals surface area contributed by atoms with Crippen LogP contribution in [0.3, 0.4) is 0 Å². The van der Waals surface area contributed by atoms with E-state index in [1.807, 2.05) is 27.7 Å². The molecule has 2 aliphatic rings. The lowest BCUT2D eigenvalue weighted by atomic mass is 9.77. The van der Waals surface area contributed by atoms with Crippen molar-refractivity contribution in [3.63, 3.8) is 0 Å². The topological polar surface area (TPSA) is 97.6 Å². The number of nitrogens with zero attached hydrogens (tertiary/aromatic N) is 2. The lowest BCUT2D eigenvalue weighted by Crippen LogP contribution is -2.54. The van der Waals surface area contributed by atoms with E-state index in [0.29, 0.717) is 12.3 Å². The van der Waals surface area contributed by atoms with Gasteiger partial charge in [0.25, 0.3) is 5.91 Å². The third-order valence-electron chi connectivity index (χ3n) is 6.31. The van der Waals surface area contributed by atoms with Crippen LogP contribution in [0.1, 0.15) is 69.9 Å². The summed E-state index contributed by atoms with van der Waals surface area (Å²) in [7, 11) is 0. The molecule has 3 atom stereocenters. The molecule has 7 nitrogen and oxygen atoms in total. The maximum atomic E-state index is 13.5. The minimum atomic E-state index is -4.67. The van der Waals surface area contributed by atoms with Crippen LogP contribution in [0.15, 0.2) is 12.3 Å². The average molecular weight is 457 g/mol. The van der Waals surface area contributed by atoms with E-state index in [1.54, 1.807) is 11.8 Å². The van der Waals surface area contributed by atoms with Crippen LogP contribution in [0.25, 0.3) is 0 Å². The van der Waals surface area contributed by atoms with Crippen molar-refractivity contribution in [2.24, 2.45) is 17.1 Å². The number of anilines is 1. The van der Waals surface area contributed by atoms with Crippen molar-refractivity contribution >= 4 is 17.7 Å². The molecule has 1 saturated carbocycles. The van der Waals surface area contributed by atoms with Crippen LogP contribution in [0.5, 0.6) is 0 Å². The zero-order chi connectivity index (χ0) is 24.1. The number of carbonyl (C=O) groups is 2. The Labute approximate surface area is 185 Å². The highest BCUT2D eigenvalue weighted by molar-refractivity contribution is 6.00. The summed E-state index contributed by atoms with van der Waals surface area (Å²) in [6, 6.07) is 0.294. The summed E-state index contributed by atoms with van der Waals surface area (Å²) in [5.41, 5.74) is 2.82. The number of hydrogen-bond donors (Lipinski definition) is 2. The molecule has 10 heteroatoms. The molecule has 1 unspecified atom stereocenters. The molecule has 0 radical (unpaired) electrons. The Balaban J connectivity index is 2.08. The molecule has 0 bridgehead atoms. The van der Waals surface area contributed by atoms with Crippen LogP contribution >= 0.6 is 0 Å². The van der Waals surface area contributed by atoms with Crippen LogP contribution in [0.2, 0.25) is 0 Å². The first-order valence-electron chi connectivity index (χ1n) is 10.8. The van der Waals surface area contributed by atoms with Gasteiger partial charge in [-0.2, -0.15) is 13.2 Å². The lowest BCUT2D eigenvalue weighted by Gasteiger charge is -2.44. The van der Waals surface area contributed by atoms with Gasteiger partial charge < -0.3 is 20.7 Å². The number of halogens is 3. The van der Waals surface area contributed by atoms with Crippen LogP contribution in [-0.2, 0) is 10.9 Å². The standard InChI is InChI=1S/C22H31F3N4O3/c1-12(13-6-7-13)28-17(30)14-11-27-16(22(23,24)25)10-15(14)29-9-8-21(5,32-19(26)31)18(29)20(2,3)4/h10-13,18H,6-9H2,1-5H3,(H2,26,31)(H,28,30)/t12-,18-,21?/m0/s1. The highest BCUT2D eigenvalue weighted by Crippen LogP contribution is 2.45. The summed E-state index contributed by atoms with van der Waals surface area (Å²) in [4.78, 5) is 29.9. The predicted octanol–water partition coefficient (Wildman–Crippen LogP) is 4.11. The zero-order valence-electron chi connectivity index (χ0n) is 19.0. The maximum absolute atomic E-state index is 13.5. The number of alkyl halides is 3. The minimum absolute atomic E-state index is 0.0584. The summed E-state index contributed by atoms with van der Waals surface area (Å²) in [6.45, 7) is 9.59. The predicted molar refractivity (Wildman–Crippen MR) is 113 cm³/mol. The van der Waals surface area contributed by atoms with Crippen molar-refractivity contribution in [2.75, 3.05) is 11.4 Å². The quantitative estimate of drug-likeness (QED) is 0.695. The lowest BCUT2D eigenvalue weighted by molar-refractivity contribution is -0.141. The number of nitrogens with two attached hydrogens (primary N) is 1. The molecule has 2 heterocycles. The molecule has 1 aromatic heterocycles. The Morgan fingerprint density at radius 3 is 2.44 bits per heavy atom. The summed E-state index contributed by atoms with van der Waals surface area (Å²) >= 11 is 0. The third kappa shape index (κ3) is 4.94. The molecular weight excluding hydrogens is 425 g/mol. The van der Waals surface area contributed by atoms with Gasteiger partial charge in [-0.1, -0.05) is 20.8 Å². The van der Waals surface area contributed by atoms with E-state index in [-0.39, 0.29) is 23.8 Å². The number of aromatic nitrogens is 1. The molecule has 1 aliphatic carbocycles. The van der Waals surface area contributed by atoms with Crippen LogP contribution in [0.4, 0.5) is 23.7 Å². The van der Waals surface area contributed by atoms with Crippen molar-refractivity contribution < 1.29 is 27.5 Å². The van der Waals surface area contributed by atoms with Gasteiger partial charge in [-0.3, -0.25) is 9.78 Å². The van der Waals surface area contributed by atoms with Gasteiger partial charge >= 0.3 is 12.3 Å². The Hall–Kier alpha value is -2.52. The summed E-state index contributed by atoms with van der Waals surface area (Å²) in [5.74, 6) is -0.0936. The van der Waals surface area contributed by atoms with Gasteiger partial charge in [0.15, 0.2) is 0 Å². The second-order valence-corrected chi connectivity index (χ2v) is 10.1. The molecule has 1 aliphatic heterocycles. The highest BCUT2D eigenvalue weighted by Gasteiger charge is 2.53. The fraction of sp³-hybridized carbons (Fsp3) is 0.682. The highest BCUT2D eigenvalue weighted by atomic mass is 19.4. The number of amides is 2. The maximum Gasteiger partial charge on any atom is 0.433 e. The van der Waals surface area contributed by atoms with E-state index in [9.17, 15) is 22.8 Å². The van der Waals surface area contributed by atoms with Crippen molar-refractivity contribution in [2.45, 2.75) is 77.7 Å². The van der Waals surface area contributed by atoms with Gasteiger partial charge in [0.1, 0.15) is 11.3 Å². The molecule has 1 aromatic rings. The summed E-state index contributed by atoms with van der Waals surface area (Å²) < 4.78 is 45.9. The second kappa shape index (κ2) is 8.12. The van der Waals surface area contributed by atoms with Crippen molar-refractivity contribution in [1.82, 2.24) is 10.3 Å². The van der Waals surface area contributed by atoms with E-state index in [0.717, 1.165) is 25.1 Å². The van der Waals surface area contributed by atoms with Crippen LogP contribution in [-0.4, -0.2) is 41.2 Å². The van der Waals surface area contributed by atoms with Gasteiger partial charge in [0, 0.05) is 25.2 Å². The smallest absolute Gasteiger partial charge is 0.433 e. The van der Waals surface area contributed by atoms with Crippen molar-refractivity contribution in [1.29, 1.82) is 0 Å². The first-order chi connectivity index (χ1) is 14.6. The van der Waals surface area contributed by atoms with Crippen molar-refractivity contribution in [3.05, 3.63) is 23.5 Å². The van der Waals surface area contributed by atoms with Crippen LogP contribution < -0.4 is 16.0 Å². The number of rotatable bonds is 5. The van der Waals surface area contributed by atoms with Crippen LogP contribution in [0, 0.1) is 11.3 Å². The summed E-state index contributed by atoms with van der Waals surface area (Å²) in [6.07, 6.45) is -2.26. The Bertz CT molecular complexity index is 895. The van der Waals surface area contributed by atoms with E-state index in [4.69, 9.17) is 10.5 Å². The van der Waals surface area contributed by atoms with E-state index in [2.05, 4.69) is 10.3 Å². The fourth-order valence-electron chi connectivity index (χ4n) is 4.93. The molecule has 2 fully saturated rings. The number of hydrogen-bond acceptors (Lipinski definition) is 5. The van der Waals surface area contributed by atoms with E-state index in [1.165, 1.54) is 0 Å². The fourth-order valence-corrected chi connectivity index (χ4v) is 4.93. The molecule has 32 heavy (non-hydrogen) atoms. The SMILES string of the molecule is C[C@H](NC(=O)c1cnc(C(F)(F)F)cc1N1CCC(C)(OC(N)=O)[C@@H]1C(C)(C)C)C1CC1. The number of carbonyl (C=O) groups excluding carboxylic acids is 2. The monoisotopic (exact) mass is 456 g/mol. The van der Waals surface area contributed by atoms with Gasteiger partial charge in [-0.15, -0.1) is 0 Å². The van der Waals surface area contributed by atoms with E-state index < -0.39 is 40.9 Å². The largest absolute Gasteiger partial charge is 0.441 e. The molecule has 0 spiro atoms. The van der Waals surface area contributed by atoms with Crippen molar-refractivity contribution in [3.8, 4) is 0 Å². The number of nitrogens with one attached hydrogen (secondary N) is 1. The number of pyridine rings is 1. The molecule has 178 valence electrons. The van der Waals surface area contributed by atoms with Gasteiger partial charge in [-0.05, 0) is 44.1 Å². The normalized spacial score (nSPS) is 24.9. The third-order valence-corrected chi connectivity index (χ3v) is 6.31. The average Bonchev–Trinajstić information content (AvgIpc) is 3.42. The first-order valence-corrected chi connectivity index (χ1v) is 10.8. The number of ether oxygens (including phenoxy) is 1. The van der Waals surface area contributed by atoms with Gasteiger partial charge in [-0.25, -0.2) is 4.79 Å². The van der Waals surface area contributed by atoms with E-state index >= 15 is 0 Å². The Kier molecular flexibility index (Phi) is 6.12. The molecule has 3 rings (SSSR count). The molecule has 1 saturated heterocycles. The Morgan fingerprint density at radius 2 is 1.94 bits per heavy atom. The molecule has 2 amide bonds. The van der Waals surface area contributed by atoms with Gasteiger partial charge in [0.2, 0.25) is 0 Å². The number of primary amides is 1. The van der Waals surface area contributed by atoms with Gasteiger partial charge in [0.05, 0.1) is 17.3 Å². The first kappa shape index (κ1) is 24.1.